The van der Waals surface area contributed by atoms with Crippen LogP contribution in [-0.2, 0) is 0 Å². The Kier molecular flexibility index (Phi) is 6.85. The lowest BCUT2D eigenvalue weighted by Crippen LogP contribution is -2.45. The number of carbonyl (C=O) groups is 1. The van der Waals surface area contributed by atoms with Crippen molar-refractivity contribution in [2.75, 3.05) is 7.11 Å². The van der Waals surface area contributed by atoms with Gasteiger partial charge in [0.05, 0.1) is 24.4 Å². The average Bonchev–Trinajstić information content (AvgIpc) is 2.92. The minimum absolute atomic E-state index is 0.0676. The van der Waals surface area contributed by atoms with E-state index in [1.54, 1.807) is 0 Å². The van der Waals surface area contributed by atoms with Gasteiger partial charge in [0, 0.05) is 23.7 Å². The second-order valence-electron chi connectivity index (χ2n) is 9.28. The summed E-state index contributed by atoms with van der Waals surface area (Å²) in [6.45, 7) is 0. The molecule has 12 heteroatoms. The first kappa shape index (κ1) is 26.0. The Bertz CT molecular complexity index is 1710. The maximum absolute atomic E-state index is 14.1. The molecule has 1 saturated carbocycles. The number of pyridine rings is 1. The summed E-state index contributed by atoms with van der Waals surface area (Å²) in [4.78, 5) is 43.6. The second-order valence-corrected chi connectivity index (χ2v) is 9.28. The van der Waals surface area contributed by atoms with E-state index in [4.69, 9.17) is 4.74 Å². The van der Waals surface area contributed by atoms with Gasteiger partial charge in [-0.2, -0.15) is 0 Å². The van der Waals surface area contributed by atoms with E-state index in [9.17, 15) is 32.7 Å². The van der Waals surface area contributed by atoms with Crippen LogP contribution < -0.4 is 21.3 Å². The van der Waals surface area contributed by atoms with Gasteiger partial charge >= 0.3 is 5.69 Å². The molecule has 0 atom stereocenters. The number of hydrogen-bond donors (Lipinski definition) is 2. The van der Waals surface area contributed by atoms with Crippen LogP contribution in [0, 0.1) is 17.5 Å². The molecule has 1 amide bonds. The van der Waals surface area contributed by atoms with Crippen LogP contribution in [0.5, 0.6) is 11.5 Å². The second kappa shape index (κ2) is 10.3. The van der Waals surface area contributed by atoms with E-state index in [1.165, 1.54) is 31.4 Å². The third-order valence-corrected chi connectivity index (χ3v) is 6.89. The molecule has 1 aliphatic rings. The quantitative estimate of drug-likeness (QED) is 0.400. The summed E-state index contributed by atoms with van der Waals surface area (Å²) in [5.41, 5.74) is -1.52. The third kappa shape index (κ3) is 4.85. The van der Waals surface area contributed by atoms with Gasteiger partial charge in [0.15, 0.2) is 28.8 Å². The summed E-state index contributed by atoms with van der Waals surface area (Å²) in [5.74, 6) is -3.42. The molecule has 0 bridgehead atoms. The molecule has 0 aliphatic heterocycles. The van der Waals surface area contributed by atoms with Crippen molar-refractivity contribution in [2.24, 2.45) is 0 Å². The van der Waals surface area contributed by atoms with Crippen LogP contribution in [0.4, 0.5) is 13.2 Å². The summed E-state index contributed by atoms with van der Waals surface area (Å²) >= 11 is 0. The van der Waals surface area contributed by atoms with Gasteiger partial charge in [-0.3, -0.25) is 14.2 Å². The fraction of sp³-hybridized carbons (Fsp3) is 0.259. The Morgan fingerprint density at radius 2 is 1.77 bits per heavy atom. The van der Waals surface area contributed by atoms with Crippen LogP contribution >= 0.6 is 0 Å². The molecular formula is C27H23F3N4O5. The molecule has 4 aromatic rings. The molecule has 39 heavy (non-hydrogen) atoms. The van der Waals surface area contributed by atoms with E-state index in [1.807, 2.05) is 0 Å². The number of nitrogens with zero attached hydrogens (tertiary/aromatic N) is 3. The van der Waals surface area contributed by atoms with Crippen molar-refractivity contribution in [3.63, 3.8) is 0 Å². The highest BCUT2D eigenvalue weighted by Gasteiger charge is 2.28. The number of benzene rings is 2. The summed E-state index contributed by atoms with van der Waals surface area (Å²) in [7, 11) is 1.37. The van der Waals surface area contributed by atoms with E-state index in [0.717, 1.165) is 33.5 Å². The molecule has 2 heterocycles. The van der Waals surface area contributed by atoms with Gasteiger partial charge in [0.2, 0.25) is 0 Å². The number of aromatic nitrogens is 3. The van der Waals surface area contributed by atoms with Crippen LogP contribution in [0.1, 0.15) is 42.1 Å². The molecule has 2 N–H and O–H groups in total. The SMILES string of the molecule is COc1cc(C(=O)NC2CCC(n3c(=O)c4cc(F)cnc4n(-c4ccc(F)c(F)c4)c3=O)CC2)ccc1O. The number of phenols is 1. The Balaban J connectivity index is 1.45. The van der Waals surface area contributed by atoms with E-state index < -0.39 is 34.7 Å². The highest BCUT2D eigenvalue weighted by Crippen LogP contribution is 2.29. The van der Waals surface area contributed by atoms with Gasteiger partial charge < -0.3 is 15.2 Å². The predicted octanol–water partition coefficient (Wildman–Crippen LogP) is 3.59. The number of amides is 1. The fourth-order valence-corrected chi connectivity index (χ4v) is 4.93. The number of aromatic hydroxyl groups is 1. The topological polar surface area (TPSA) is 115 Å². The maximum Gasteiger partial charge on any atom is 0.337 e. The molecular weight excluding hydrogens is 517 g/mol. The number of rotatable bonds is 5. The monoisotopic (exact) mass is 540 g/mol. The van der Waals surface area contributed by atoms with Gasteiger partial charge in [-0.15, -0.1) is 0 Å². The lowest BCUT2D eigenvalue weighted by atomic mass is 9.90. The number of fused-ring (bicyclic) bond motifs is 1. The van der Waals surface area contributed by atoms with Crippen LogP contribution in [0.3, 0.4) is 0 Å². The van der Waals surface area contributed by atoms with Gasteiger partial charge in [-0.25, -0.2) is 27.5 Å². The molecule has 5 rings (SSSR count). The molecule has 2 aromatic carbocycles. The zero-order chi connectivity index (χ0) is 27.8. The van der Waals surface area contributed by atoms with Crippen molar-refractivity contribution in [1.82, 2.24) is 19.4 Å². The zero-order valence-corrected chi connectivity index (χ0v) is 20.7. The average molecular weight is 540 g/mol. The number of methoxy groups -OCH3 is 1. The number of hydrogen-bond acceptors (Lipinski definition) is 6. The van der Waals surface area contributed by atoms with Crippen molar-refractivity contribution >= 4 is 16.9 Å². The van der Waals surface area contributed by atoms with Gasteiger partial charge in [0.25, 0.3) is 11.5 Å². The van der Waals surface area contributed by atoms with E-state index in [2.05, 4.69) is 10.3 Å². The Morgan fingerprint density at radius 3 is 2.46 bits per heavy atom. The summed E-state index contributed by atoms with van der Waals surface area (Å²) < 4.78 is 48.7. The molecule has 0 radical (unpaired) electrons. The predicted molar refractivity (Wildman–Crippen MR) is 135 cm³/mol. The number of halogens is 3. The maximum atomic E-state index is 14.1. The number of nitrogens with one attached hydrogen (secondary N) is 1. The summed E-state index contributed by atoms with van der Waals surface area (Å²) in [5, 5.41) is 12.5. The molecule has 0 saturated heterocycles. The standard InChI is InChI=1S/C27H23F3N4O5/c1-39-23-10-14(2-9-22(23)35)25(36)32-16-3-5-17(6-4-16)34-26(37)19-11-15(28)13-31-24(19)33(27(34)38)18-7-8-20(29)21(30)12-18/h2,7-13,16-17,35H,3-6H2,1H3,(H,32,36). The van der Waals surface area contributed by atoms with Crippen LogP contribution in [0.25, 0.3) is 16.7 Å². The Morgan fingerprint density at radius 1 is 1.03 bits per heavy atom. The van der Waals surface area contributed by atoms with Crippen LogP contribution in [0.15, 0.2) is 58.3 Å². The minimum atomic E-state index is -1.20. The smallest absolute Gasteiger partial charge is 0.337 e. The van der Waals surface area contributed by atoms with Gasteiger partial charge in [-0.1, -0.05) is 0 Å². The lowest BCUT2D eigenvalue weighted by molar-refractivity contribution is 0.0921. The number of carbonyl (C=O) groups excluding carboxylic acids is 1. The lowest BCUT2D eigenvalue weighted by Gasteiger charge is -2.30. The number of phenolic OH excluding ortho intramolecular Hbond substituents is 1. The first-order valence-electron chi connectivity index (χ1n) is 12.1. The van der Waals surface area contributed by atoms with Crippen LogP contribution in [0.2, 0.25) is 0 Å². The van der Waals surface area contributed by atoms with Crippen molar-refractivity contribution < 1.29 is 27.8 Å². The Hall–Kier alpha value is -4.61. The minimum Gasteiger partial charge on any atom is -0.504 e. The molecule has 1 fully saturated rings. The molecule has 0 spiro atoms. The normalized spacial score (nSPS) is 17.2. The van der Waals surface area contributed by atoms with Crippen molar-refractivity contribution in [3.8, 4) is 17.2 Å². The largest absolute Gasteiger partial charge is 0.504 e. The molecule has 202 valence electrons. The Labute approximate surface area is 219 Å². The van der Waals surface area contributed by atoms with E-state index >= 15 is 0 Å². The summed E-state index contributed by atoms with van der Waals surface area (Å²) in [6, 6.07) is 7.17. The fourth-order valence-electron chi connectivity index (χ4n) is 4.93. The zero-order valence-electron chi connectivity index (χ0n) is 20.7. The highest BCUT2D eigenvalue weighted by atomic mass is 19.2. The summed E-state index contributed by atoms with van der Waals surface area (Å²) in [6.07, 6.45) is 2.37. The van der Waals surface area contributed by atoms with Crippen molar-refractivity contribution in [1.29, 1.82) is 0 Å². The highest BCUT2D eigenvalue weighted by molar-refractivity contribution is 5.95. The third-order valence-electron chi connectivity index (χ3n) is 6.89. The van der Waals surface area contributed by atoms with E-state index in [-0.39, 0.29) is 40.2 Å². The molecule has 0 unspecified atom stereocenters. The first-order chi connectivity index (χ1) is 18.7. The molecule has 1 aliphatic carbocycles. The van der Waals surface area contributed by atoms with Gasteiger partial charge in [-0.05, 0) is 62.1 Å². The van der Waals surface area contributed by atoms with Crippen molar-refractivity contribution in [3.05, 3.63) is 92.5 Å². The van der Waals surface area contributed by atoms with Gasteiger partial charge in [0.1, 0.15) is 5.82 Å². The number of ether oxygens (including phenoxy) is 1. The first-order valence-corrected chi connectivity index (χ1v) is 12.1. The molecule has 2 aromatic heterocycles. The van der Waals surface area contributed by atoms with E-state index in [0.29, 0.717) is 31.2 Å². The van der Waals surface area contributed by atoms with Crippen LogP contribution in [-0.4, -0.2) is 38.3 Å². The molecule has 9 nitrogen and oxygen atoms in total. The van der Waals surface area contributed by atoms with Crippen molar-refractivity contribution in [2.45, 2.75) is 37.8 Å².